The number of nitrogens with zero attached hydrogens (tertiary/aromatic N) is 2. The number of pyridine rings is 2. The highest BCUT2D eigenvalue weighted by Gasteiger charge is 2.34. The fourth-order valence-corrected chi connectivity index (χ4v) is 4.86. The van der Waals surface area contributed by atoms with Crippen molar-refractivity contribution in [2.45, 2.75) is 43.9 Å². The van der Waals surface area contributed by atoms with E-state index >= 15 is 0 Å². The van der Waals surface area contributed by atoms with Crippen molar-refractivity contribution in [3.8, 4) is 0 Å². The predicted octanol–water partition coefficient (Wildman–Crippen LogP) is 5.51. The van der Waals surface area contributed by atoms with E-state index in [1.54, 1.807) is 18.2 Å². The molecule has 182 valence electrons. The van der Waals surface area contributed by atoms with Crippen LogP contribution in [0.4, 0.5) is 30.4 Å². The van der Waals surface area contributed by atoms with Crippen molar-refractivity contribution in [1.82, 2.24) is 9.97 Å². The molecule has 1 aliphatic carbocycles. The van der Waals surface area contributed by atoms with Gasteiger partial charge in [-0.1, -0.05) is 11.6 Å². The minimum absolute atomic E-state index is 0.00556. The molecule has 0 saturated heterocycles. The lowest BCUT2D eigenvalue weighted by molar-refractivity contribution is -0.140. The third kappa shape index (κ3) is 6.20. The van der Waals surface area contributed by atoms with Gasteiger partial charge in [0.2, 0.25) is 10.0 Å². The fraction of sp³-hybridized carbons (Fsp3) is 0.364. The molecule has 0 unspecified atom stereocenters. The van der Waals surface area contributed by atoms with Crippen molar-refractivity contribution < 1.29 is 21.6 Å². The van der Waals surface area contributed by atoms with Crippen LogP contribution < -0.4 is 15.4 Å². The number of sulfonamides is 1. The smallest absolute Gasteiger partial charge is 0.382 e. The first-order valence-corrected chi connectivity index (χ1v) is 12.9. The number of benzene rings is 1. The molecular weight excluding hydrogens is 491 g/mol. The molecule has 3 aromatic rings. The Balaban J connectivity index is 1.52. The summed E-state index contributed by atoms with van der Waals surface area (Å²) in [6.07, 6.45) is 1.12. The summed E-state index contributed by atoms with van der Waals surface area (Å²) in [6.45, 7) is 0. The van der Waals surface area contributed by atoms with Gasteiger partial charge in [0.1, 0.15) is 11.5 Å². The number of hydrogen-bond acceptors (Lipinski definition) is 6. The number of aromatic nitrogens is 2. The van der Waals surface area contributed by atoms with E-state index < -0.39 is 21.9 Å². The van der Waals surface area contributed by atoms with Gasteiger partial charge < -0.3 is 10.6 Å². The topological polar surface area (TPSA) is 96.0 Å². The lowest BCUT2D eigenvalue weighted by Crippen LogP contribution is -2.34. The molecule has 1 fully saturated rings. The maximum absolute atomic E-state index is 13.4. The lowest BCUT2D eigenvalue weighted by atomic mass is 9.90. The largest absolute Gasteiger partial charge is 0.433 e. The van der Waals surface area contributed by atoms with Gasteiger partial charge in [0.05, 0.1) is 17.5 Å². The number of nitrogens with one attached hydrogen (secondary N) is 3. The molecule has 34 heavy (non-hydrogen) atoms. The van der Waals surface area contributed by atoms with Crippen LogP contribution in [0.25, 0.3) is 10.9 Å². The van der Waals surface area contributed by atoms with Gasteiger partial charge in [-0.15, -0.1) is 0 Å². The van der Waals surface area contributed by atoms with Crippen molar-refractivity contribution in [2.75, 3.05) is 21.6 Å². The first kappa shape index (κ1) is 24.3. The zero-order chi connectivity index (χ0) is 24.5. The summed E-state index contributed by atoms with van der Waals surface area (Å²) < 4.78 is 65.6. The van der Waals surface area contributed by atoms with Gasteiger partial charge in [0.25, 0.3) is 0 Å². The van der Waals surface area contributed by atoms with Crippen molar-refractivity contribution in [3.63, 3.8) is 0 Å². The third-order valence-corrected chi connectivity index (χ3v) is 6.35. The van der Waals surface area contributed by atoms with Crippen LogP contribution in [-0.4, -0.2) is 36.7 Å². The Labute approximate surface area is 200 Å². The van der Waals surface area contributed by atoms with Crippen LogP contribution in [0.5, 0.6) is 0 Å². The SMILES string of the molecule is CS(=O)(=O)Nc1ccnc(N[C@@H]2CCC[C@H](Nc3cc(C(F)(F)F)nc4ccc(Cl)cc34)C2)c1. The highest BCUT2D eigenvalue weighted by atomic mass is 35.5. The molecule has 3 N–H and O–H groups in total. The van der Waals surface area contributed by atoms with Crippen LogP contribution in [-0.2, 0) is 16.2 Å². The van der Waals surface area contributed by atoms with Crippen LogP contribution in [0.2, 0.25) is 5.02 Å². The Hall–Kier alpha value is -2.79. The van der Waals surface area contributed by atoms with Crippen LogP contribution in [0.1, 0.15) is 31.4 Å². The molecule has 1 saturated carbocycles. The second kappa shape index (κ2) is 9.46. The average molecular weight is 514 g/mol. The summed E-state index contributed by atoms with van der Waals surface area (Å²) in [5.74, 6) is 0.514. The Kier molecular flexibility index (Phi) is 6.77. The first-order chi connectivity index (χ1) is 16.0. The average Bonchev–Trinajstić information content (AvgIpc) is 2.72. The molecule has 0 radical (unpaired) electrons. The van der Waals surface area contributed by atoms with Gasteiger partial charge in [-0.25, -0.2) is 18.4 Å². The molecule has 12 heteroatoms. The molecule has 2 heterocycles. The summed E-state index contributed by atoms with van der Waals surface area (Å²) in [4.78, 5) is 8.00. The summed E-state index contributed by atoms with van der Waals surface area (Å²) in [6, 6.07) is 8.70. The molecular formula is C22H23ClF3N5O2S. The summed E-state index contributed by atoms with van der Waals surface area (Å²) in [5, 5.41) is 7.51. The second-order valence-corrected chi connectivity index (χ2v) is 10.6. The Morgan fingerprint density at radius 3 is 2.50 bits per heavy atom. The van der Waals surface area contributed by atoms with E-state index in [9.17, 15) is 21.6 Å². The van der Waals surface area contributed by atoms with Gasteiger partial charge in [-0.2, -0.15) is 13.2 Å². The van der Waals surface area contributed by atoms with Crippen molar-refractivity contribution >= 4 is 49.7 Å². The standard InChI is InChI=1S/C22H23ClF3N5O2S/c1-34(32,33)31-16-7-8-27-21(11-16)29-15-4-2-3-14(10-15)28-19-12-20(22(24,25)26)30-18-6-5-13(23)9-17(18)19/h5-9,11-12,14-15H,2-4,10H2,1H3,(H,28,30)(H2,27,29,31)/t14-,15+/m0/s1. The Morgan fingerprint density at radius 1 is 1.06 bits per heavy atom. The van der Waals surface area contributed by atoms with Crippen LogP contribution in [0.3, 0.4) is 0 Å². The molecule has 4 rings (SSSR count). The van der Waals surface area contributed by atoms with E-state index in [0.717, 1.165) is 31.6 Å². The maximum atomic E-state index is 13.4. The number of fused-ring (bicyclic) bond motifs is 1. The molecule has 0 aliphatic heterocycles. The lowest BCUT2D eigenvalue weighted by Gasteiger charge is -2.31. The Morgan fingerprint density at radius 2 is 1.79 bits per heavy atom. The summed E-state index contributed by atoms with van der Waals surface area (Å²) in [7, 11) is -3.42. The summed E-state index contributed by atoms with van der Waals surface area (Å²) >= 11 is 6.09. The summed E-state index contributed by atoms with van der Waals surface area (Å²) in [5.41, 5.74) is -0.0189. The number of hydrogen-bond donors (Lipinski definition) is 3. The molecule has 0 bridgehead atoms. The predicted molar refractivity (Wildman–Crippen MR) is 128 cm³/mol. The minimum atomic E-state index is -4.57. The fourth-order valence-electron chi connectivity index (χ4n) is 4.13. The van der Waals surface area contributed by atoms with E-state index in [4.69, 9.17) is 11.6 Å². The monoisotopic (exact) mass is 513 g/mol. The van der Waals surface area contributed by atoms with Gasteiger partial charge in [-0.05, 0) is 56.0 Å². The van der Waals surface area contributed by atoms with E-state index in [1.807, 2.05) is 0 Å². The minimum Gasteiger partial charge on any atom is -0.382 e. The number of halogens is 4. The highest BCUT2D eigenvalue weighted by molar-refractivity contribution is 7.92. The molecule has 7 nitrogen and oxygen atoms in total. The quantitative estimate of drug-likeness (QED) is 0.402. The number of rotatable bonds is 6. The number of alkyl halides is 3. The van der Waals surface area contributed by atoms with Crippen molar-refractivity contribution in [3.05, 3.63) is 53.3 Å². The Bertz CT molecular complexity index is 1300. The molecule has 1 aromatic carbocycles. The zero-order valence-corrected chi connectivity index (χ0v) is 19.7. The van der Waals surface area contributed by atoms with Gasteiger partial charge in [-0.3, -0.25) is 4.72 Å². The van der Waals surface area contributed by atoms with Gasteiger partial charge in [0.15, 0.2) is 0 Å². The molecule has 1 aliphatic rings. The maximum Gasteiger partial charge on any atom is 0.433 e. The van der Waals surface area contributed by atoms with Crippen LogP contribution in [0, 0.1) is 0 Å². The van der Waals surface area contributed by atoms with E-state index in [-0.39, 0.29) is 17.6 Å². The van der Waals surface area contributed by atoms with Gasteiger partial charge >= 0.3 is 6.18 Å². The third-order valence-electron chi connectivity index (χ3n) is 5.51. The zero-order valence-electron chi connectivity index (χ0n) is 18.2. The molecule has 0 amide bonds. The van der Waals surface area contributed by atoms with Crippen LogP contribution >= 0.6 is 11.6 Å². The molecule has 2 aromatic heterocycles. The van der Waals surface area contributed by atoms with Crippen molar-refractivity contribution in [2.24, 2.45) is 0 Å². The first-order valence-electron chi connectivity index (χ1n) is 10.6. The van der Waals surface area contributed by atoms with Crippen molar-refractivity contribution in [1.29, 1.82) is 0 Å². The number of anilines is 3. The highest BCUT2D eigenvalue weighted by Crippen LogP contribution is 2.35. The van der Waals surface area contributed by atoms with E-state index in [1.165, 1.54) is 18.3 Å². The van der Waals surface area contributed by atoms with E-state index in [0.29, 0.717) is 34.0 Å². The van der Waals surface area contributed by atoms with E-state index in [2.05, 4.69) is 25.3 Å². The van der Waals surface area contributed by atoms with Crippen LogP contribution in [0.15, 0.2) is 42.6 Å². The normalized spacial score (nSPS) is 19.1. The molecule has 0 spiro atoms. The molecule has 2 atom stereocenters. The second-order valence-electron chi connectivity index (χ2n) is 8.37. The van der Waals surface area contributed by atoms with Gasteiger partial charge in [0, 0.05) is 40.4 Å².